The number of aromatic hydroxyl groups is 1. The summed E-state index contributed by atoms with van der Waals surface area (Å²) in [4.78, 5) is 4.85. The molecule has 1 aliphatic heterocycles. The summed E-state index contributed by atoms with van der Waals surface area (Å²) in [5.74, 6) is 0.629. The molecule has 1 aliphatic rings. The highest BCUT2D eigenvalue weighted by Gasteiger charge is 2.28. The van der Waals surface area contributed by atoms with Crippen molar-refractivity contribution in [3.05, 3.63) is 94.3 Å². The first kappa shape index (κ1) is 20.4. The van der Waals surface area contributed by atoms with Crippen molar-refractivity contribution in [3.8, 4) is 11.5 Å². The van der Waals surface area contributed by atoms with Gasteiger partial charge in [-0.05, 0) is 72.6 Å². The highest BCUT2D eigenvalue weighted by molar-refractivity contribution is 6.30. The smallest absolute Gasteiger partial charge is 0.126 e. The number of hydrogen-bond donors (Lipinski definition) is 2. The first-order valence-corrected chi connectivity index (χ1v) is 10.2. The Hall–Kier alpha value is -2.89. The Bertz CT molecular complexity index is 1070. The number of phenolic OH excluding ortho intramolecular Hbond substituents is 1. The van der Waals surface area contributed by atoms with Gasteiger partial charge in [0.2, 0.25) is 0 Å². The number of nitrogens with zero attached hydrogens (tertiary/aromatic N) is 1. The van der Waals surface area contributed by atoms with Crippen LogP contribution in [0.25, 0.3) is 0 Å². The summed E-state index contributed by atoms with van der Waals surface area (Å²) in [5.41, 5.74) is 3.20. The number of phenols is 1. The molecule has 3 aromatic rings. The van der Waals surface area contributed by atoms with Crippen LogP contribution in [0.5, 0.6) is 11.5 Å². The number of aliphatic imine (C=N–C) groups is 1. The van der Waals surface area contributed by atoms with Crippen molar-refractivity contribution in [3.63, 3.8) is 0 Å². The van der Waals surface area contributed by atoms with E-state index in [1.807, 2.05) is 37.3 Å². The minimum Gasteiger partial charge on any atom is -0.508 e. The molecule has 6 heteroatoms. The molecule has 0 aliphatic carbocycles. The van der Waals surface area contributed by atoms with Crippen LogP contribution in [0.2, 0.25) is 5.02 Å². The Labute approximate surface area is 180 Å². The minimum absolute atomic E-state index is 0.155. The Morgan fingerprint density at radius 1 is 1.13 bits per heavy atom. The Morgan fingerprint density at radius 2 is 1.93 bits per heavy atom. The maximum Gasteiger partial charge on any atom is 0.126 e. The van der Waals surface area contributed by atoms with Gasteiger partial charge in [0.15, 0.2) is 0 Å². The molecule has 4 nitrogen and oxygen atoms in total. The molecular formula is C24H22ClFN2O2. The quantitative estimate of drug-likeness (QED) is 0.543. The van der Waals surface area contributed by atoms with E-state index in [1.165, 1.54) is 12.1 Å². The molecule has 0 unspecified atom stereocenters. The molecule has 0 saturated carbocycles. The largest absolute Gasteiger partial charge is 0.508 e. The van der Waals surface area contributed by atoms with Gasteiger partial charge in [-0.2, -0.15) is 0 Å². The molecule has 0 spiro atoms. The van der Waals surface area contributed by atoms with Crippen LogP contribution in [0.1, 0.15) is 42.2 Å². The van der Waals surface area contributed by atoms with Crippen molar-refractivity contribution >= 4 is 17.3 Å². The monoisotopic (exact) mass is 424 g/mol. The molecule has 0 saturated heterocycles. The van der Waals surface area contributed by atoms with E-state index in [0.29, 0.717) is 29.2 Å². The van der Waals surface area contributed by atoms with Crippen LogP contribution < -0.4 is 10.1 Å². The Balaban J connectivity index is 1.73. The highest BCUT2D eigenvalue weighted by Crippen LogP contribution is 2.36. The van der Waals surface area contributed by atoms with Crippen molar-refractivity contribution in [2.75, 3.05) is 6.61 Å². The van der Waals surface area contributed by atoms with E-state index >= 15 is 0 Å². The van der Waals surface area contributed by atoms with Crippen molar-refractivity contribution in [2.24, 2.45) is 4.99 Å². The molecule has 0 fully saturated rings. The topological polar surface area (TPSA) is 53.8 Å². The number of halogens is 2. The summed E-state index contributed by atoms with van der Waals surface area (Å²) >= 11 is 6.18. The van der Waals surface area contributed by atoms with E-state index < -0.39 is 6.17 Å². The summed E-state index contributed by atoms with van der Waals surface area (Å²) in [7, 11) is 0. The van der Waals surface area contributed by atoms with Crippen LogP contribution in [0.3, 0.4) is 0 Å². The van der Waals surface area contributed by atoms with E-state index in [9.17, 15) is 9.50 Å². The number of ether oxygens (including phenoxy) is 1. The van der Waals surface area contributed by atoms with Crippen molar-refractivity contribution in [1.29, 1.82) is 0 Å². The van der Waals surface area contributed by atoms with Crippen molar-refractivity contribution in [2.45, 2.75) is 25.6 Å². The first-order valence-electron chi connectivity index (χ1n) is 9.83. The molecule has 0 bridgehead atoms. The number of rotatable bonds is 5. The zero-order valence-corrected chi connectivity index (χ0v) is 17.2. The lowest BCUT2D eigenvalue weighted by Gasteiger charge is -2.31. The van der Waals surface area contributed by atoms with Crippen LogP contribution in [0.4, 0.5) is 4.39 Å². The van der Waals surface area contributed by atoms with Gasteiger partial charge in [0.25, 0.3) is 0 Å². The van der Waals surface area contributed by atoms with E-state index in [2.05, 4.69) is 5.32 Å². The Kier molecular flexibility index (Phi) is 6.02. The zero-order valence-electron chi connectivity index (χ0n) is 16.5. The van der Waals surface area contributed by atoms with E-state index in [4.69, 9.17) is 21.3 Å². The predicted octanol–water partition coefficient (Wildman–Crippen LogP) is 5.81. The average Bonchev–Trinajstić information content (AvgIpc) is 2.76. The van der Waals surface area contributed by atoms with Crippen molar-refractivity contribution in [1.82, 2.24) is 5.32 Å². The fourth-order valence-corrected chi connectivity index (χ4v) is 3.82. The van der Waals surface area contributed by atoms with Gasteiger partial charge in [0.05, 0.1) is 6.61 Å². The SMILES string of the molecule is CCOc1ccc(C2=N[C@@H](c3cccc(F)c3)N[C@H](c3cc(Cl)ccc3O)C2)cc1. The molecule has 154 valence electrons. The van der Waals surface area contributed by atoms with Crippen LogP contribution in [0, 0.1) is 5.82 Å². The van der Waals surface area contributed by atoms with Gasteiger partial charge < -0.3 is 9.84 Å². The summed E-state index contributed by atoms with van der Waals surface area (Å²) in [6.07, 6.45) is 0.0904. The molecule has 4 rings (SSSR count). The third-order valence-corrected chi connectivity index (χ3v) is 5.30. The number of nitrogens with one attached hydrogen (secondary N) is 1. The fraction of sp³-hybridized carbons (Fsp3) is 0.208. The molecule has 3 aromatic carbocycles. The van der Waals surface area contributed by atoms with Gasteiger partial charge in [-0.15, -0.1) is 0 Å². The lowest BCUT2D eigenvalue weighted by atomic mass is 9.93. The van der Waals surface area contributed by atoms with Gasteiger partial charge in [0, 0.05) is 28.8 Å². The maximum atomic E-state index is 13.8. The van der Waals surface area contributed by atoms with E-state index in [-0.39, 0.29) is 17.6 Å². The lowest BCUT2D eigenvalue weighted by molar-refractivity contribution is 0.340. The van der Waals surface area contributed by atoms with Gasteiger partial charge in [-0.25, -0.2) is 4.39 Å². The maximum absolute atomic E-state index is 13.8. The molecule has 0 radical (unpaired) electrons. The third kappa shape index (κ3) is 4.48. The fourth-order valence-electron chi connectivity index (χ4n) is 3.64. The molecule has 1 heterocycles. The number of hydrogen-bond acceptors (Lipinski definition) is 4. The molecule has 0 aromatic heterocycles. The van der Waals surface area contributed by atoms with Crippen LogP contribution in [0.15, 0.2) is 71.7 Å². The second-order valence-corrected chi connectivity index (χ2v) is 7.55. The molecule has 2 atom stereocenters. The van der Waals surface area contributed by atoms with E-state index in [1.54, 1.807) is 24.3 Å². The second-order valence-electron chi connectivity index (χ2n) is 7.12. The molecule has 30 heavy (non-hydrogen) atoms. The molecule has 2 N–H and O–H groups in total. The standard InChI is InChI=1S/C24H22ClFN2O2/c1-2-30-19-9-6-15(7-10-19)21-14-22(20-13-17(25)8-11-23(20)29)28-24(27-21)16-4-3-5-18(26)12-16/h3-13,22,24,28-29H,2,14H2,1H3/t22-,24+/m0/s1. The minimum atomic E-state index is -0.459. The predicted molar refractivity (Wildman–Crippen MR) is 117 cm³/mol. The van der Waals surface area contributed by atoms with Gasteiger partial charge in [-0.1, -0.05) is 23.7 Å². The van der Waals surface area contributed by atoms with Gasteiger partial charge in [-0.3, -0.25) is 10.3 Å². The third-order valence-electron chi connectivity index (χ3n) is 5.07. The summed E-state index contributed by atoms with van der Waals surface area (Å²) in [6, 6.07) is 18.9. The summed E-state index contributed by atoms with van der Waals surface area (Å²) in [5, 5.41) is 14.4. The molecular weight excluding hydrogens is 403 g/mol. The normalized spacial score (nSPS) is 18.7. The van der Waals surface area contributed by atoms with Crippen molar-refractivity contribution < 1.29 is 14.2 Å². The highest BCUT2D eigenvalue weighted by atomic mass is 35.5. The molecule has 0 amide bonds. The van der Waals surface area contributed by atoms with Crippen LogP contribution >= 0.6 is 11.6 Å². The van der Waals surface area contributed by atoms with Gasteiger partial charge in [0.1, 0.15) is 23.5 Å². The van der Waals surface area contributed by atoms with Crippen LogP contribution in [-0.4, -0.2) is 17.4 Å². The lowest BCUT2D eigenvalue weighted by Crippen LogP contribution is -2.33. The summed E-state index contributed by atoms with van der Waals surface area (Å²) in [6.45, 7) is 2.54. The average molecular weight is 425 g/mol. The summed E-state index contributed by atoms with van der Waals surface area (Å²) < 4.78 is 19.4. The second kappa shape index (κ2) is 8.86. The van der Waals surface area contributed by atoms with E-state index in [0.717, 1.165) is 17.0 Å². The van der Waals surface area contributed by atoms with Crippen LogP contribution in [-0.2, 0) is 0 Å². The Morgan fingerprint density at radius 3 is 2.67 bits per heavy atom. The first-order chi connectivity index (χ1) is 14.5. The van der Waals surface area contributed by atoms with Gasteiger partial charge >= 0.3 is 0 Å². The number of benzene rings is 3. The zero-order chi connectivity index (χ0) is 21.1.